The molecule has 23 heavy (non-hydrogen) atoms. The van der Waals surface area contributed by atoms with Crippen molar-refractivity contribution in [2.24, 2.45) is 0 Å². The lowest BCUT2D eigenvalue weighted by Gasteiger charge is -2.07. The van der Waals surface area contributed by atoms with E-state index in [2.05, 4.69) is 15.8 Å². The third kappa shape index (κ3) is 3.37. The van der Waals surface area contributed by atoms with Gasteiger partial charge in [0.05, 0.1) is 12.0 Å². The largest absolute Gasteiger partial charge is 0.360 e. The maximum Gasteiger partial charge on any atom is 0.271 e. The van der Waals surface area contributed by atoms with E-state index in [0.29, 0.717) is 11.1 Å². The van der Waals surface area contributed by atoms with Gasteiger partial charge in [-0.1, -0.05) is 30.3 Å². The monoisotopic (exact) mass is 311 g/mol. The molecule has 0 aliphatic rings. The molecule has 0 aliphatic carbocycles. The van der Waals surface area contributed by atoms with Gasteiger partial charge in [-0.2, -0.15) is 0 Å². The van der Waals surface area contributed by atoms with Gasteiger partial charge < -0.3 is 4.98 Å². The maximum atomic E-state index is 13.1. The Balaban J connectivity index is 1.61. The molecular formula is C17H14FN3O2. The molecule has 0 fully saturated rings. The maximum absolute atomic E-state index is 13.1. The Morgan fingerprint density at radius 2 is 1.87 bits per heavy atom. The van der Waals surface area contributed by atoms with E-state index < -0.39 is 17.6 Å². The second kappa shape index (κ2) is 6.31. The van der Waals surface area contributed by atoms with Gasteiger partial charge in [0.2, 0.25) is 5.91 Å². The molecule has 0 aliphatic heterocycles. The number of hydrogen-bond acceptors (Lipinski definition) is 2. The Morgan fingerprint density at radius 3 is 2.70 bits per heavy atom. The molecule has 3 N–H and O–H groups in total. The molecule has 0 unspecified atom stereocenters. The summed E-state index contributed by atoms with van der Waals surface area (Å²) >= 11 is 0. The van der Waals surface area contributed by atoms with Crippen molar-refractivity contribution in [3.05, 3.63) is 71.7 Å². The van der Waals surface area contributed by atoms with E-state index in [1.807, 2.05) is 24.3 Å². The standard InChI is InChI=1S/C17H14FN3O2/c18-12-5-3-4-11(8-12)9-16(22)20-21-17(23)14-10-19-15-7-2-1-6-13(14)15/h1-8,10,19H,9H2,(H,20,22)(H,21,23). The van der Waals surface area contributed by atoms with Crippen LogP contribution in [0, 0.1) is 5.82 Å². The number of para-hydroxylation sites is 1. The van der Waals surface area contributed by atoms with Gasteiger partial charge in [-0.15, -0.1) is 0 Å². The summed E-state index contributed by atoms with van der Waals surface area (Å²) in [7, 11) is 0. The fourth-order valence-corrected chi connectivity index (χ4v) is 2.33. The molecule has 5 nitrogen and oxygen atoms in total. The zero-order chi connectivity index (χ0) is 16.2. The van der Waals surface area contributed by atoms with Crippen molar-refractivity contribution >= 4 is 22.7 Å². The minimum Gasteiger partial charge on any atom is -0.360 e. The summed E-state index contributed by atoms with van der Waals surface area (Å²) in [5.74, 6) is -1.25. The van der Waals surface area contributed by atoms with Crippen LogP contribution >= 0.6 is 0 Å². The van der Waals surface area contributed by atoms with E-state index in [1.54, 1.807) is 12.3 Å². The van der Waals surface area contributed by atoms with Crippen LogP contribution in [-0.4, -0.2) is 16.8 Å². The number of halogens is 1. The van der Waals surface area contributed by atoms with Gasteiger partial charge in [0.15, 0.2) is 0 Å². The third-order valence-corrected chi connectivity index (χ3v) is 3.40. The second-order valence-electron chi connectivity index (χ2n) is 5.06. The number of fused-ring (bicyclic) bond motifs is 1. The number of amides is 2. The quantitative estimate of drug-likeness (QED) is 0.649. The van der Waals surface area contributed by atoms with Gasteiger partial charge in [-0.25, -0.2) is 4.39 Å². The van der Waals surface area contributed by atoms with E-state index in [0.717, 1.165) is 10.9 Å². The van der Waals surface area contributed by atoms with Gasteiger partial charge in [0.1, 0.15) is 5.82 Å². The molecule has 0 atom stereocenters. The van der Waals surface area contributed by atoms with Gasteiger partial charge in [0.25, 0.3) is 5.91 Å². The first-order chi connectivity index (χ1) is 11.1. The number of hydrogen-bond donors (Lipinski definition) is 3. The zero-order valence-electron chi connectivity index (χ0n) is 12.1. The van der Waals surface area contributed by atoms with Gasteiger partial charge in [-0.3, -0.25) is 20.4 Å². The van der Waals surface area contributed by atoms with Crippen LogP contribution in [0.15, 0.2) is 54.7 Å². The summed E-state index contributed by atoms with van der Waals surface area (Å²) in [6.45, 7) is 0. The van der Waals surface area contributed by atoms with Crippen molar-refractivity contribution in [3.63, 3.8) is 0 Å². The molecule has 0 spiro atoms. The number of benzene rings is 2. The highest BCUT2D eigenvalue weighted by molar-refractivity contribution is 6.07. The molecule has 0 saturated carbocycles. The van der Waals surface area contributed by atoms with Crippen molar-refractivity contribution in [2.45, 2.75) is 6.42 Å². The predicted molar refractivity (Wildman–Crippen MR) is 84.0 cm³/mol. The molecule has 0 saturated heterocycles. The van der Waals surface area contributed by atoms with E-state index in [4.69, 9.17) is 0 Å². The molecule has 3 rings (SSSR count). The van der Waals surface area contributed by atoms with Crippen molar-refractivity contribution < 1.29 is 14.0 Å². The lowest BCUT2D eigenvalue weighted by atomic mass is 10.1. The summed E-state index contributed by atoms with van der Waals surface area (Å²) in [4.78, 5) is 26.9. The fourth-order valence-electron chi connectivity index (χ4n) is 2.33. The molecule has 2 amide bonds. The van der Waals surface area contributed by atoms with Crippen molar-refractivity contribution in [1.82, 2.24) is 15.8 Å². The molecule has 116 valence electrons. The smallest absolute Gasteiger partial charge is 0.271 e. The molecule has 3 aromatic rings. The molecule has 6 heteroatoms. The van der Waals surface area contributed by atoms with Crippen LogP contribution in [0.1, 0.15) is 15.9 Å². The number of H-pyrrole nitrogens is 1. The van der Waals surface area contributed by atoms with E-state index in [1.165, 1.54) is 18.2 Å². The summed E-state index contributed by atoms with van der Waals surface area (Å²) in [5.41, 5.74) is 6.49. The van der Waals surface area contributed by atoms with Crippen LogP contribution in [0.25, 0.3) is 10.9 Å². The number of hydrazine groups is 1. The van der Waals surface area contributed by atoms with Crippen LogP contribution in [-0.2, 0) is 11.2 Å². The lowest BCUT2D eigenvalue weighted by Crippen LogP contribution is -2.42. The zero-order valence-corrected chi connectivity index (χ0v) is 12.1. The SMILES string of the molecule is O=C(Cc1cccc(F)c1)NNC(=O)c1c[nH]c2ccccc12. The molecule has 1 heterocycles. The number of carbonyl (C=O) groups is 2. The first kappa shape index (κ1) is 14.8. The average molecular weight is 311 g/mol. The highest BCUT2D eigenvalue weighted by Gasteiger charge is 2.12. The van der Waals surface area contributed by atoms with E-state index in [9.17, 15) is 14.0 Å². The van der Waals surface area contributed by atoms with Crippen LogP contribution in [0.3, 0.4) is 0 Å². The molecular weight excluding hydrogens is 297 g/mol. The fraction of sp³-hybridized carbons (Fsp3) is 0.0588. The van der Waals surface area contributed by atoms with Gasteiger partial charge in [-0.05, 0) is 23.8 Å². The van der Waals surface area contributed by atoms with Gasteiger partial charge in [0, 0.05) is 17.1 Å². The second-order valence-corrected chi connectivity index (χ2v) is 5.06. The number of rotatable bonds is 3. The molecule has 2 aromatic carbocycles. The molecule has 0 bridgehead atoms. The predicted octanol–water partition coefficient (Wildman–Crippen LogP) is 2.31. The minimum absolute atomic E-state index is 0.0219. The third-order valence-electron chi connectivity index (χ3n) is 3.40. The Bertz CT molecular complexity index is 873. The van der Waals surface area contributed by atoms with E-state index in [-0.39, 0.29) is 6.42 Å². The molecule has 0 radical (unpaired) electrons. The van der Waals surface area contributed by atoms with Crippen molar-refractivity contribution in [2.75, 3.05) is 0 Å². The van der Waals surface area contributed by atoms with Crippen LogP contribution < -0.4 is 10.9 Å². The summed E-state index contributed by atoms with van der Waals surface area (Å²) in [6.07, 6.45) is 1.56. The number of aromatic nitrogens is 1. The average Bonchev–Trinajstić information content (AvgIpc) is 2.97. The number of aromatic amines is 1. The molecule has 1 aromatic heterocycles. The lowest BCUT2D eigenvalue weighted by molar-refractivity contribution is -0.121. The van der Waals surface area contributed by atoms with Crippen molar-refractivity contribution in [3.8, 4) is 0 Å². The van der Waals surface area contributed by atoms with Crippen LogP contribution in [0.5, 0.6) is 0 Å². The summed E-state index contributed by atoms with van der Waals surface area (Å²) in [5, 5.41) is 0.768. The first-order valence-corrected chi connectivity index (χ1v) is 7.03. The minimum atomic E-state index is -0.427. The Morgan fingerprint density at radius 1 is 1.04 bits per heavy atom. The summed E-state index contributed by atoms with van der Waals surface area (Å²) in [6, 6.07) is 13.1. The van der Waals surface area contributed by atoms with Crippen molar-refractivity contribution in [1.29, 1.82) is 0 Å². The van der Waals surface area contributed by atoms with Gasteiger partial charge >= 0.3 is 0 Å². The number of nitrogens with one attached hydrogen (secondary N) is 3. The first-order valence-electron chi connectivity index (χ1n) is 7.03. The number of carbonyl (C=O) groups excluding carboxylic acids is 2. The topological polar surface area (TPSA) is 74.0 Å². The van der Waals surface area contributed by atoms with Crippen LogP contribution in [0.2, 0.25) is 0 Å². The normalized spacial score (nSPS) is 10.5. The Kier molecular flexibility index (Phi) is 4.05. The highest BCUT2D eigenvalue weighted by Crippen LogP contribution is 2.17. The Hall–Kier alpha value is -3.15. The van der Waals surface area contributed by atoms with E-state index >= 15 is 0 Å². The Labute approximate surface area is 131 Å². The highest BCUT2D eigenvalue weighted by atomic mass is 19.1. The van der Waals surface area contributed by atoms with Crippen LogP contribution in [0.4, 0.5) is 4.39 Å². The summed E-state index contributed by atoms with van der Waals surface area (Å²) < 4.78 is 13.1.